The zero-order chi connectivity index (χ0) is 25.9. The lowest BCUT2D eigenvalue weighted by Gasteiger charge is -2.25. The summed E-state index contributed by atoms with van der Waals surface area (Å²) in [5, 5.41) is 33.0. The molecule has 0 spiro atoms. The number of amides is 4. The van der Waals surface area contributed by atoms with Gasteiger partial charge in [0.25, 0.3) is 0 Å². The van der Waals surface area contributed by atoms with Gasteiger partial charge in [-0.05, 0) is 12.3 Å². The molecule has 0 rings (SSSR count). The van der Waals surface area contributed by atoms with Crippen molar-refractivity contribution >= 4 is 41.5 Å². The van der Waals surface area contributed by atoms with Crippen LogP contribution in [0.5, 0.6) is 0 Å². The smallest absolute Gasteiger partial charge is 0.326 e. The Hall–Kier alpha value is -3.75. The molecular formula is C18H29N5O10. The Morgan fingerprint density at radius 2 is 1.21 bits per heavy atom. The summed E-state index contributed by atoms with van der Waals surface area (Å²) < 4.78 is 0. The van der Waals surface area contributed by atoms with E-state index in [-0.39, 0.29) is 12.3 Å². The monoisotopic (exact) mass is 475 g/mol. The van der Waals surface area contributed by atoms with E-state index in [2.05, 4.69) is 10.6 Å². The highest BCUT2D eigenvalue weighted by Gasteiger charge is 2.32. The third kappa shape index (κ3) is 11.4. The maximum atomic E-state index is 12.7. The van der Waals surface area contributed by atoms with Crippen LogP contribution >= 0.6 is 0 Å². The summed E-state index contributed by atoms with van der Waals surface area (Å²) in [6.07, 6.45) is -2.70. The molecule has 15 heteroatoms. The summed E-state index contributed by atoms with van der Waals surface area (Å²) in [5.74, 6) is -8.92. The normalized spacial score (nSPS) is 14.3. The van der Waals surface area contributed by atoms with Crippen LogP contribution in [-0.4, -0.2) is 81.0 Å². The number of carboxylic acid groups (broad SMARTS) is 3. The molecule has 0 aromatic rings. The van der Waals surface area contributed by atoms with Crippen molar-refractivity contribution in [2.24, 2.45) is 17.4 Å². The summed E-state index contributed by atoms with van der Waals surface area (Å²) in [5.41, 5.74) is 10.8. The van der Waals surface area contributed by atoms with Crippen molar-refractivity contribution in [1.82, 2.24) is 16.0 Å². The minimum atomic E-state index is -1.87. The lowest BCUT2D eigenvalue weighted by molar-refractivity contribution is -0.147. The van der Waals surface area contributed by atoms with Crippen LogP contribution in [0.1, 0.15) is 39.5 Å². The average Bonchev–Trinajstić information content (AvgIpc) is 2.67. The van der Waals surface area contributed by atoms with E-state index in [0.29, 0.717) is 0 Å². The Morgan fingerprint density at radius 1 is 0.727 bits per heavy atom. The Morgan fingerprint density at radius 3 is 1.64 bits per heavy atom. The van der Waals surface area contributed by atoms with Crippen LogP contribution in [-0.2, 0) is 33.6 Å². The van der Waals surface area contributed by atoms with E-state index >= 15 is 0 Å². The molecule has 0 bridgehead atoms. The van der Waals surface area contributed by atoms with Gasteiger partial charge in [-0.3, -0.25) is 28.8 Å². The molecule has 0 aliphatic heterocycles. The number of aliphatic carboxylic acids is 3. The van der Waals surface area contributed by atoms with Gasteiger partial charge in [0.2, 0.25) is 23.6 Å². The van der Waals surface area contributed by atoms with Crippen LogP contribution in [0.2, 0.25) is 0 Å². The first-order valence-electron chi connectivity index (χ1n) is 9.77. The number of carbonyl (C=O) groups is 7. The lowest BCUT2D eigenvalue weighted by atomic mass is 10.0. The highest BCUT2D eigenvalue weighted by atomic mass is 16.4. The highest BCUT2D eigenvalue weighted by molar-refractivity contribution is 5.96. The summed E-state index contributed by atoms with van der Waals surface area (Å²) in [4.78, 5) is 81.5. The van der Waals surface area contributed by atoms with E-state index < -0.39 is 85.0 Å². The Bertz CT molecular complexity index is 785. The van der Waals surface area contributed by atoms with E-state index in [1.54, 1.807) is 13.8 Å². The number of hydrogen-bond acceptors (Lipinski definition) is 8. The van der Waals surface area contributed by atoms with E-state index in [1.165, 1.54) is 0 Å². The van der Waals surface area contributed by atoms with Gasteiger partial charge in [0.05, 0.1) is 18.9 Å². The van der Waals surface area contributed by atoms with Crippen LogP contribution in [0.4, 0.5) is 0 Å². The Labute approximate surface area is 188 Å². The minimum absolute atomic E-state index is 0.316. The molecule has 0 heterocycles. The van der Waals surface area contributed by atoms with Gasteiger partial charge in [0.15, 0.2) is 0 Å². The van der Waals surface area contributed by atoms with Gasteiger partial charge >= 0.3 is 17.9 Å². The van der Waals surface area contributed by atoms with Crippen molar-refractivity contribution in [3.8, 4) is 0 Å². The molecule has 10 N–H and O–H groups in total. The van der Waals surface area contributed by atoms with Gasteiger partial charge in [-0.1, -0.05) is 13.8 Å². The standard InChI is InChI=1S/C18H29N5O10/c1-7(2)14(20)17(31)21-8(3-4-12(25)26)15(29)22-9(5-11(19)24)16(30)23-10(18(32)33)6-13(27)28/h7-10,14H,3-6,20H2,1-2H3,(H2,19,24)(H,21,31)(H,22,29)(H,23,30)(H,25,26)(H,27,28)(H,32,33). The Balaban J connectivity index is 5.61. The molecule has 4 unspecified atom stereocenters. The highest BCUT2D eigenvalue weighted by Crippen LogP contribution is 2.05. The molecule has 0 aliphatic rings. The number of carboxylic acids is 3. The zero-order valence-electron chi connectivity index (χ0n) is 18.1. The van der Waals surface area contributed by atoms with E-state index in [1.807, 2.05) is 5.32 Å². The first kappa shape index (κ1) is 29.2. The predicted octanol–water partition coefficient (Wildman–Crippen LogP) is -3.28. The fourth-order valence-corrected chi connectivity index (χ4v) is 2.44. The maximum Gasteiger partial charge on any atom is 0.326 e. The van der Waals surface area contributed by atoms with Crippen molar-refractivity contribution in [3.63, 3.8) is 0 Å². The lowest BCUT2D eigenvalue weighted by Crippen LogP contribution is -2.58. The van der Waals surface area contributed by atoms with Crippen molar-refractivity contribution in [2.45, 2.75) is 63.7 Å². The summed E-state index contributed by atoms with van der Waals surface area (Å²) in [6, 6.07) is -6.08. The van der Waals surface area contributed by atoms with Gasteiger partial charge < -0.3 is 42.7 Å². The Kier molecular flexibility index (Phi) is 12.1. The predicted molar refractivity (Wildman–Crippen MR) is 109 cm³/mol. The van der Waals surface area contributed by atoms with Gasteiger partial charge in [-0.2, -0.15) is 0 Å². The molecule has 0 fully saturated rings. The molecular weight excluding hydrogens is 446 g/mol. The second-order valence-corrected chi connectivity index (χ2v) is 7.49. The fourth-order valence-electron chi connectivity index (χ4n) is 2.44. The molecule has 4 atom stereocenters. The SMILES string of the molecule is CC(C)C(N)C(=O)NC(CCC(=O)O)C(=O)NC(CC(N)=O)C(=O)NC(CC(=O)O)C(=O)O. The third-order valence-electron chi connectivity index (χ3n) is 4.33. The van der Waals surface area contributed by atoms with Crippen molar-refractivity contribution < 1.29 is 48.9 Å². The summed E-state index contributed by atoms with van der Waals surface area (Å²) in [6.45, 7) is 3.28. The molecule has 0 saturated heterocycles. The largest absolute Gasteiger partial charge is 0.481 e. The van der Waals surface area contributed by atoms with Crippen molar-refractivity contribution in [3.05, 3.63) is 0 Å². The van der Waals surface area contributed by atoms with Crippen LogP contribution < -0.4 is 27.4 Å². The molecule has 0 radical (unpaired) electrons. The molecule has 15 nitrogen and oxygen atoms in total. The van der Waals surface area contributed by atoms with Crippen LogP contribution in [0.3, 0.4) is 0 Å². The van der Waals surface area contributed by atoms with Crippen LogP contribution in [0.15, 0.2) is 0 Å². The van der Waals surface area contributed by atoms with Gasteiger partial charge in [0, 0.05) is 6.42 Å². The number of primary amides is 1. The fraction of sp³-hybridized carbons (Fsp3) is 0.611. The molecule has 0 aromatic heterocycles. The van der Waals surface area contributed by atoms with Crippen molar-refractivity contribution in [1.29, 1.82) is 0 Å². The topological polar surface area (TPSA) is 268 Å². The van der Waals surface area contributed by atoms with E-state index in [0.717, 1.165) is 0 Å². The third-order valence-corrected chi connectivity index (χ3v) is 4.33. The first-order chi connectivity index (χ1) is 15.1. The van der Waals surface area contributed by atoms with E-state index in [4.69, 9.17) is 26.8 Å². The zero-order valence-corrected chi connectivity index (χ0v) is 18.1. The molecule has 4 amide bonds. The summed E-state index contributed by atoms with van der Waals surface area (Å²) in [7, 11) is 0. The minimum Gasteiger partial charge on any atom is -0.481 e. The summed E-state index contributed by atoms with van der Waals surface area (Å²) >= 11 is 0. The second-order valence-electron chi connectivity index (χ2n) is 7.49. The molecule has 186 valence electrons. The second kappa shape index (κ2) is 13.6. The van der Waals surface area contributed by atoms with Gasteiger partial charge in [0.1, 0.15) is 18.1 Å². The first-order valence-corrected chi connectivity index (χ1v) is 9.77. The van der Waals surface area contributed by atoms with Gasteiger partial charge in [-0.25, -0.2) is 4.79 Å². The van der Waals surface area contributed by atoms with E-state index in [9.17, 15) is 33.6 Å². The molecule has 33 heavy (non-hydrogen) atoms. The maximum absolute atomic E-state index is 12.7. The number of carbonyl (C=O) groups excluding carboxylic acids is 4. The van der Waals surface area contributed by atoms with Gasteiger partial charge in [-0.15, -0.1) is 0 Å². The average molecular weight is 475 g/mol. The number of nitrogens with two attached hydrogens (primary N) is 2. The van der Waals surface area contributed by atoms with Crippen LogP contribution in [0.25, 0.3) is 0 Å². The molecule has 0 aromatic carbocycles. The number of rotatable bonds is 15. The number of hydrogen-bond donors (Lipinski definition) is 8. The molecule has 0 aliphatic carbocycles. The number of nitrogens with one attached hydrogen (secondary N) is 3. The van der Waals surface area contributed by atoms with Crippen molar-refractivity contribution in [2.75, 3.05) is 0 Å². The molecule has 0 saturated carbocycles. The van der Waals surface area contributed by atoms with Crippen LogP contribution in [0, 0.1) is 5.92 Å². The quantitative estimate of drug-likeness (QED) is 0.116.